The van der Waals surface area contributed by atoms with Gasteiger partial charge in [-0.1, -0.05) is 13.8 Å². The van der Waals surface area contributed by atoms with Gasteiger partial charge in [0.1, 0.15) is 0 Å². The Bertz CT molecular complexity index is 515. The third-order valence-electron chi connectivity index (χ3n) is 2.85. The summed E-state index contributed by atoms with van der Waals surface area (Å²) in [6.45, 7) is 5.96. The molecule has 0 unspecified atom stereocenters. The van der Waals surface area contributed by atoms with Crippen LogP contribution in [0.1, 0.15) is 49.7 Å². The Morgan fingerprint density at radius 2 is 2.06 bits per heavy atom. The normalized spacial score (nSPS) is 14.6. The standard InChI is InChI=1S/C11H13N3O.C2H6/c1-7-2-5-10-12-11(8-3-4-8)9(6-15)14(10)13-7;1-2/h2,5,8,15H,3-4,6H2,1H3;1-2H3. The predicted molar refractivity (Wildman–Crippen MR) is 67.0 cm³/mol. The number of aliphatic hydroxyl groups is 1. The summed E-state index contributed by atoms with van der Waals surface area (Å²) >= 11 is 0. The van der Waals surface area contributed by atoms with E-state index >= 15 is 0 Å². The summed E-state index contributed by atoms with van der Waals surface area (Å²) in [4.78, 5) is 4.53. The van der Waals surface area contributed by atoms with E-state index < -0.39 is 0 Å². The van der Waals surface area contributed by atoms with Gasteiger partial charge in [0.25, 0.3) is 0 Å². The van der Waals surface area contributed by atoms with Crippen LogP contribution in [-0.2, 0) is 6.61 Å². The highest BCUT2D eigenvalue weighted by molar-refractivity contribution is 5.43. The van der Waals surface area contributed by atoms with Gasteiger partial charge in [-0.05, 0) is 31.9 Å². The third-order valence-corrected chi connectivity index (χ3v) is 2.85. The van der Waals surface area contributed by atoms with Crippen LogP contribution in [0.4, 0.5) is 0 Å². The van der Waals surface area contributed by atoms with E-state index in [9.17, 15) is 5.11 Å². The van der Waals surface area contributed by atoms with Crippen molar-refractivity contribution >= 4 is 5.65 Å². The molecule has 1 fully saturated rings. The molecule has 1 aliphatic carbocycles. The maximum Gasteiger partial charge on any atom is 0.154 e. The lowest BCUT2D eigenvalue weighted by Gasteiger charge is -1.99. The zero-order chi connectivity index (χ0) is 12.4. The van der Waals surface area contributed by atoms with E-state index in [1.165, 1.54) is 12.8 Å². The molecule has 1 aliphatic rings. The van der Waals surface area contributed by atoms with Gasteiger partial charge >= 0.3 is 0 Å². The smallest absolute Gasteiger partial charge is 0.154 e. The topological polar surface area (TPSA) is 50.4 Å². The van der Waals surface area contributed by atoms with Gasteiger partial charge in [0, 0.05) is 5.92 Å². The molecule has 0 amide bonds. The second kappa shape index (κ2) is 4.84. The van der Waals surface area contributed by atoms with Gasteiger partial charge < -0.3 is 5.11 Å². The predicted octanol–water partition coefficient (Wildman–Crippen LogP) is 2.43. The fraction of sp³-hybridized carbons (Fsp3) is 0.538. The molecule has 0 bridgehead atoms. The molecule has 4 heteroatoms. The first-order valence-electron chi connectivity index (χ1n) is 6.25. The molecule has 0 atom stereocenters. The number of rotatable bonds is 2. The molecule has 0 aliphatic heterocycles. The van der Waals surface area contributed by atoms with E-state index in [1.807, 2.05) is 32.9 Å². The van der Waals surface area contributed by atoms with Crippen LogP contribution in [0.15, 0.2) is 12.1 Å². The average Bonchev–Trinajstić information content (AvgIpc) is 3.13. The molecule has 0 radical (unpaired) electrons. The van der Waals surface area contributed by atoms with E-state index in [0.29, 0.717) is 5.92 Å². The summed E-state index contributed by atoms with van der Waals surface area (Å²) in [7, 11) is 0. The van der Waals surface area contributed by atoms with E-state index in [1.54, 1.807) is 4.52 Å². The molecule has 1 saturated carbocycles. The SMILES string of the molecule is CC.Cc1ccc2nc(C3CC3)c(CO)n2n1. The summed E-state index contributed by atoms with van der Waals surface area (Å²) < 4.78 is 1.77. The Balaban J connectivity index is 0.000000514. The maximum atomic E-state index is 9.37. The number of imidazole rings is 1. The number of aromatic nitrogens is 3. The van der Waals surface area contributed by atoms with Crippen molar-refractivity contribution in [3.63, 3.8) is 0 Å². The quantitative estimate of drug-likeness (QED) is 0.866. The Morgan fingerprint density at radius 1 is 1.35 bits per heavy atom. The largest absolute Gasteiger partial charge is 0.390 e. The van der Waals surface area contributed by atoms with Gasteiger partial charge in [-0.25, -0.2) is 9.50 Å². The van der Waals surface area contributed by atoms with Gasteiger partial charge in [0.15, 0.2) is 5.65 Å². The molecule has 2 aromatic heterocycles. The van der Waals surface area contributed by atoms with Gasteiger partial charge in [-0.15, -0.1) is 0 Å². The van der Waals surface area contributed by atoms with Crippen molar-refractivity contribution in [1.29, 1.82) is 0 Å². The van der Waals surface area contributed by atoms with Crippen LogP contribution in [0.2, 0.25) is 0 Å². The van der Waals surface area contributed by atoms with Crippen molar-refractivity contribution in [3.05, 3.63) is 29.2 Å². The van der Waals surface area contributed by atoms with Crippen molar-refractivity contribution < 1.29 is 5.11 Å². The molecule has 3 rings (SSSR count). The van der Waals surface area contributed by atoms with Crippen molar-refractivity contribution in [3.8, 4) is 0 Å². The van der Waals surface area contributed by atoms with Gasteiger partial charge in [-0.2, -0.15) is 5.10 Å². The number of fused-ring (bicyclic) bond motifs is 1. The lowest BCUT2D eigenvalue weighted by atomic mass is 10.2. The fourth-order valence-electron chi connectivity index (χ4n) is 1.92. The summed E-state index contributed by atoms with van der Waals surface area (Å²) in [5.41, 5.74) is 3.68. The molecule has 0 saturated heterocycles. The number of aliphatic hydroxyl groups excluding tert-OH is 1. The summed E-state index contributed by atoms with van der Waals surface area (Å²) in [5.74, 6) is 0.550. The van der Waals surface area contributed by atoms with Gasteiger partial charge in [0.05, 0.1) is 23.7 Å². The summed E-state index contributed by atoms with van der Waals surface area (Å²) in [5, 5.41) is 13.7. The lowest BCUT2D eigenvalue weighted by molar-refractivity contribution is 0.272. The fourth-order valence-corrected chi connectivity index (χ4v) is 1.92. The minimum atomic E-state index is 0.0173. The number of aryl methyl sites for hydroxylation is 1. The van der Waals surface area contributed by atoms with E-state index in [4.69, 9.17) is 0 Å². The number of hydrogen-bond acceptors (Lipinski definition) is 3. The summed E-state index contributed by atoms with van der Waals surface area (Å²) in [6.07, 6.45) is 2.38. The molecule has 1 N–H and O–H groups in total. The Kier molecular flexibility index (Phi) is 3.43. The molecular formula is C13H19N3O. The first kappa shape index (κ1) is 12.0. The highest BCUT2D eigenvalue weighted by Crippen LogP contribution is 2.41. The monoisotopic (exact) mass is 233 g/mol. The molecular weight excluding hydrogens is 214 g/mol. The molecule has 0 spiro atoms. The maximum absolute atomic E-state index is 9.37. The second-order valence-corrected chi connectivity index (χ2v) is 4.12. The van der Waals surface area contributed by atoms with Crippen molar-refractivity contribution in [2.75, 3.05) is 0 Å². The zero-order valence-corrected chi connectivity index (χ0v) is 10.6. The third kappa shape index (κ3) is 2.17. The van der Waals surface area contributed by atoms with E-state index in [2.05, 4.69) is 10.1 Å². The molecule has 2 heterocycles. The average molecular weight is 233 g/mol. The van der Waals surface area contributed by atoms with E-state index in [0.717, 1.165) is 22.7 Å². The van der Waals surface area contributed by atoms with Crippen molar-refractivity contribution in [2.45, 2.75) is 46.1 Å². The Labute approximate surface area is 101 Å². The molecule has 0 aromatic carbocycles. The first-order valence-corrected chi connectivity index (χ1v) is 6.25. The number of nitrogens with zero attached hydrogens (tertiary/aromatic N) is 3. The Morgan fingerprint density at radius 3 is 2.65 bits per heavy atom. The molecule has 2 aromatic rings. The molecule has 17 heavy (non-hydrogen) atoms. The Hall–Kier alpha value is -1.42. The first-order chi connectivity index (χ1) is 8.29. The van der Waals surface area contributed by atoms with Crippen LogP contribution in [0.3, 0.4) is 0 Å². The molecule has 92 valence electrons. The minimum absolute atomic E-state index is 0.0173. The van der Waals surface area contributed by atoms with E-state index in [-0.39, 0.29) is 6.61 Å². The van der Waals surface area contributed by atoms with Crippen LogP contribution in [0, 0.1) is 6.92 Å². The van der Waals surface area contributed by atoms with Crippen LogP contribution >= 0.6 is 0 Å². The number of hydrogen-bond donors (Lipinski definition) is 1. The van der Waals surface area contributed by atoms with Crippen molar-refractivity contribution in [1.82, 2.24) is 14.6 Å². The van der Waals surface area contributed by atoms with Crippen LogP contribution in [-0.4, -0.2) is 19.7 Å². The van der Waals surface area contributed by atoms with Crippen LogP contribution < -0.4 is 0 Å². The highest BCUT2D eigenvalue weighted by atomic mass is 16.3. The second-order valence-electron chi connectivity index (χ2n) is 4.12. The summed E-state index contributed by atoms with van der Waals surface area (Å²) in [6, 6.07) is 3.90. The highest BCUT2D eigenvalue weighted by Gasteiger charge is 2.30. The van der Waals surface area contributed by atoms with Gasteiger partial charge in [0.2, 0.25) is 0 Å². The zero-order valence-electron chi connectivity index (χ0n) is 10.6. The minimum Gasteiger partial charge on any atom is -0.390 e. The van der Waals surface area contributed by atoms with Gasteiger partial charge in [-0.3, -0.25) is 0 Å². The van der Waals surface area contributed by atoms with Crippen LogP contribution in [0.5, 0.6) is 0 Å². The molecule has 4 nitrogen and oxygen atoms in total. The van der Waals surface area contributed by atoms with Crippen LogP contribution in [0.25, 0.3) is 5.65 Å². The van der Waals surface area contributed by atoms with Crippen molar-refractivity contribution in [2.24, 2.45) is 0 Å². The lowest BCUT2D eigenvalue weighted by Crippen LogP contribution is -2.00.